The van der Waals surface area contributed by atoms with Gasteiger partial charge in [0.25, 0.3) is 0 Å². The number of aliphatic carboxylic acids is 1. The maximum absolute atomic E-state index is 9.26. The average molecular weight is 258 g/mol. The van der Waals surface area contributed by atoms with Crippen molar-refractivity contribution in [2.24, 2.45) is 0 Å². The molecule has 0 amide bonds. The van der Waals surface area contributed by atoms with Crippen molar-refractivity contribution in [1.82, 2.24) is 0 Å². The summed E-state index contributed by atoms with van der Waals surface area (Å²) in [5.74, 6) is -0.995. The maximum Gasteiger partial charge on any atom is 1.00 e. The monoisotopic (exact) mass is 258 g/mol. The number of hydrogen-bond acceptors (Lipinski definition) is 2. The molecule has 0 aliphatic heterocycles. The van der Waals surface area contributed by atoms with Crippen molar-refractivity contribution in [1.29, 1.82) is 0 Å². The van der Waals surface area contributed by atoms with Crippen molar-refractivity contribution >= 4 is 5.97 Å². The van der Waals surface area contributed by atoms with Crippen LogP contribution in [0.4, 0.5) is 0 Å². The zero-order valence-electron chi connectivity index (χ0n) is 8.52. The summed E-state index contributed by atoms with van der Waals surface area (Å²) in [7, 11) is 0. The van der Waals surface area contributed by atoms with Crippen LogP contribution in [0.1, 0.15) is 13.3 Å². The van der Waals surface area contributed by atoms with E-state index in [4.69, 9.17) is 0 Å². The molecule has 12 heteroatoms. The number of hydrogen-bond donors (Lipinski definition) is 0. The Kier molecular flexibility index (Phi) is 1700. The maximum atomic E-state index is 9.26. The van der Waals surface area contributed by atoms with Crippen molar-refractivity contribution in [2.75, 3.05) is 0 Å². The van der Waals surface area contributed by atoms with E-state index in [-0.39, 0.29) is 85.3 Å². The van der Waals surface area contributed by atoms with Crippen LogP contribution in [-0.2, 0) is 4.79 Å². The molecule has 0 spiro atoms. The number of carbonyl (C=O) groups excluding carboxylic acids is 1. The molecule has 0 bridgehead atoms. The zero-order valence-corrected chi connectivity index (χ0v) is 10.5. The minimum atomic E-state index is -0.995. The molecular weight excluding hydrogens is 235 g/mol. The molecule has 0 rings (SSSR count). The molecule has 11 nitrogen and oxygen atoms in total. The fourth-order valence-electron chi connectivity index (χ4n) is 0. The van der Waals surface area contributed by atoms with Gasteiger partial charge in [-0.3, -0.25) is 0 Å². The Labute approximate surface area is 108 Å². The second kappa shape index (κ2) is 144. The molecule has 0 atom stereocenters. The van der Waals surface area contributed by atoms with E-state index < -0.39 is 5.97 Å². The van der Waals surface area contributed by atoms with E-state index in [0.29, 0.717) is 0 Å². The first-order chi connectivity index (χ1) is 2.27. The van der Waals surface area contributed by atoms with Crippen molar-refractivity contribution < 1.29 is 88.7 Å². The van der Waals surface area contributed by atoms with Crippen LogP contribution in [0.3, 0.4) is 0 Å². The summed E-state index contributed by atoms with van der Waals surface area (Å²) in [6.07, 6.45) is 0.111. The molecule has 0 saturated heterocycles. The topological polar surface area (TPSA) is 324 Å². The fourth-order valence-corrected chi connectivity index (χ4v) is 0. The van der Waals surface area contributed by atoms with Crippen LogP contribution in [0.5, 0.6) is 0 Å². The van der Waals surface area contributed by atoms with Gasteiger partial charge >= 0.3 is 29.6 Å². The molecule has 0 aromatic carbocycles. The summed E-state index contributed by atoms with van der Waals surface area (Å²) in [6, 6.07) is 0. The molecule has 0 heterocycles. The number of carboxylic acids is 1. The van der Waals surface area contributed by atoms with Crippen LogP contribution in [0.25, 0.3) is 0 Å². The van der Waals surface area contributed by atoms with Crippen LogP contribution in [0.2, 0.25) is 0 Å². The quantitative estimate of drug-likeness (QED) is 0.413. The zero-order chi connectivity index (χ0) is 4.28. The van der Waals surface area contributed by atoms with Gasteiger partial charge in [0, 0.05) is 5.97 Å². The van der Waals surface area contributed by atoms with E-state index in [0.717, 1.165) is 0 Å². The van der Waals surface area contributed by atoms with Crippen LogP contribution in [0.15, 0.2) is 0 Å². The fraction of sp³-hybridized carbons (Fsp3) is 0.667. The Morgan fingerprint density at radius 1 is 0.800 bits per heavy atom. The average Bonchev–Trinajstić information content (AvgIpc) is 1.38. The second-order valence-corrected chi connectivity index (χ2v) is 0.726. The third-order valence-corrected chi connectivity index (χ3v) is 0.289. The summed E-state index contributed by atoms with van der Waals surface area (Å²) >= 11 is 0. The Hall–Kier alpha value is 0.110. The minimum Gasteiger partial charge on any atom is -0.550 e. The van der Waals surface area contributed by atoms with Gasteiger partial charge < -0.3 is 59.2 Å². The molecule has 18 N–H and O–H groups in total. The van der Waals surface area contributed by atoms with Gasteiger partial charge in [0.15, 0.2) is 0 Å². The largest absolute Gasteiger partial charge is 1.00 e. The molecule has 0 aliphatic carbocycles. The summed E-state index contributed by atoms with van der Waals surface area (Å²) in [6.45, 7) is 1.54. The van der Waals surface area contributed by atoms with Gasteiger partial charge in [0.2, 0.25) is 0 Å². The molecule has 0 aliphatic rings. The first-order valence-corrected chi connectivity index (χ1v) is 1.47. The van der Waals surface area contributed by atoms with Gasteiger partial charge in [-0.2, -0.15) is 0 Å². The van der Waals surface area contributed by atoms with E-state index in [2.05, 4.69) is 0 Å². The summed E-state index contributed by atoms with van der Waals surface area (Å²) in [4.78, 5) is 9.26. The molecule has 0 radical (unpaired) electrons. The van der Waals surface area contributed by atoms with E-state index in [1.807, 2.05) is 0 Å². The van der Waals surface area contributed by atoms with E-state index in [1.165, 1.54) is 6.92 Å². The Morgan fingerprint density at radius 3 is 0.867 bits per heavy atom. The van der Waals surface area contributed by atoms with Crippen molar-refractivity contribution in [3.05, 3.63) is 0 Å². The van der Waals surface area contributed by atoms with Gasteiger partial charge in [0.05, 0.1) is 0 Å². The smallest absolute Gasteiger partial charge is 0.550 e. The third-order valence-electron chi connectivity index (χ3n) is 0.289. The summed E-state index contributed by atoms with van der Waals surface area (Å²) < 4.78 is 0. The van der Waals surface area contributed by atoms with Gasteiger partial charge in [-0.25, -0.2) is 0 Å². The first kappa shape index (κ1) is 178. The molecule has 15 heavy (non-hydrogen) atoms. The van der Waals surface area contributed by atoms with Crippen molar-refractivity contribution in [3.63, 3.8) is 0 Å². The van der Waals surface area contributed by atoms with Gasteiger partial charge in [-0.15, -0.1) is 0 Å². The predicted molar refractivity (Wildman–Crippen MR) is 47.8 cm³/mol. The van der Waals surface area contributed by atoms with Crippen LogP contribution < -0.4 is 34.7 Å². The predicted octanol–water partition coefficient (Wildman–Crippen LogP) is -11.3. The molecule has 0 unspecified atom stereocenters. The van der Waals surface area contributed by atoms with Crippen LogP contribution in [-0.4, -0.2) is 55.3 Å². The Balaban J connectivity index is -0.00000000178. The molecule has 102 valence electrons. The second-order valence-electron chi connectivity index (χ2n) is 0.726. The summed E-state index contributed by atoms with van der Waals surface area (Å²) in [5.41, 5.74) is 0. The van der Waals surface area contributed by atoms with E-state index >= 15 is 0 Å². The van der Waals surface area contributed by atoms with Gasteiger partial charge in [0.1, 0.15) is 0 Å². The number of rotatable bonds is 1. The number of carbonyl (C=O) groups is 1. The van der Waals surface area contributed by atoms with Crippen molar-refractivity contribution in [3.8, 4) is 0 Å². The van der Waals surface area contributed by atoms with Crippen LogP contribution in [0, 0.1) is 0 Å². The molecule has 0 saturated carbocycles. The van der Waals surface area contributed by atoms with Gasteiger partial charge in [-0.1, -0.05) is 6.92 Å². The summed E-state index contributed by atoms with van der Waals surface area (Å²) in [5, 5.41) is 9.26. The Morgan fingerprint density at radius 2 is 0.867 bits per heavy atom. The molecule has 0 aromatic heterocycles. The SMILES string of the molecule is CCC(=O)[O-].O.O.O.O.O.O.O.O.O.[Na+]. The normalized spacial score (nSPS) is 2.47. The number of carboxylic acid groups (broad SMARTS) is 1. The Bertz CT molecular complexity index is 51.1. The third kappa shape index (κ3) is 465. The first-order valence-electron chi connectivity index (χ1n) is 1.47. The molecular formula is C3H23NaO11. The van der Waals surface area contributed by atoms with E-state index in [9.17, 15) is 9.90 Å². The van der Waals surface area contributed by atoms with E-state index in [1.54, 1.807) is 0 Å². The van der Waals surface area contributed by atoms with Crippen molar-refractivity contribution in [2.45, 2.75) is 13.3 Å². The standard InChI is InChI=1S/C3H6O2.Na.9H2O/c1-2-3(4)5;;;;;;;;;;/h2H2,1H3,(H,4,5);;9*1H2/q;+1;;;;;;;;;/p-1. The molecule has 0 fully saturated rings. The minimum absolute atomic E-state index is 0. The van der Waals surface area contributed by atoms with Gasteiger partial charge in [-0.05, 0) is 6.42 Å². The van der Waals surface area contributed by atoms with Crippen LogP contribution >= 0.6 is 0 Å². The molecule has 0 aromatic rings.